The van der Waals surface area contributed by atoms with Gasteiger partial charge < -0.3 is 10.1 Å². The minimum absolute atomic E-state index is 0.191. The molecule has 0 radical (unpaired) electrons. The second kappa shape index (κ2) is 6.48. The Labute approximate surface area is 104 Å². The number of halogens is 2. The zero-order valence-electron chi connectivity index (χ0n) is 8.89. The number of hydrogen-bond donors (Lipinski definition) is 1. The molecule has 1 aromatic rings. The zero-order chi connectivity index (χ0) is 11.3. The molecule has 2 nitrogen and oxygen atoms in total. The molecule has 1 rings (SSSR count). The Hall–Kier alpha value is -0.0900. The molecule has 0 fully saturated rings. The lowest BCUT2D eigenvalue weighted by atomic mass is 10.1. The van der Waals surface area contributed by atoms with E-state index >= 15 is 0 Å². The summed E-state index contributed by atoms with van der Waals surface area (Å²) in [5.74, 6) is 0. The van der Waals surface area contributed by atoms with Crippen LogP contribution in [0.25, 0.3) is 0 Å². The van der Waals surface area contributed by atoms with Gasteiger partial charge in [0.05, 0.1) is 12.6 Å². The first-order valence-electron chi connectivity index (χ1n) is 4.89. The van der Waals surface area contributed by atoms with E-state index in [0.717, 1.165) is 21.7 Å². The molecule has 15 heavy (non-hydrogen) atoms. The zero-order valence-corrected chi connectivity index (χ0v) is 11.2. The fourth-order valence-corrected chi connectivity index (χ4v) is 2.31. The lowest BCUT2D eigenvalue weighted by Crippen LogP contribution is -2.22. The average Bonchev–Trinajstić information content (AvgIpc) is 2.21. The monoisotopic (exact) mass is 291 g/mol. The molecule has 0 bridgehead atoms. The summed E-state index contributed by atoms with van der Waals surface area (Å²) in [5, 5.41) is 3.95. The third-order valence-corrected chi connectivity index (χ3v) is 3.10. The van der Waals surface area contributed by atoms with Crippen LogP contribution in [-0.2, 0) is 4.74 Å². The van der Waals surface area contributed by atoms with E-state index in [2.05, 4.69) is 21.2 Å². The number of rotatable bonds is 5. The molecule has 0 heterocycles. The van der Waals surface area contributed by atoms with Crippen LogP contribution < -0.4 is 5.32 Å². The molecule has 0 aliphatic rings. The normalized spacial score (nSPS) is 12.8. The predicted molar refractivity (Wildman–Crippen MR) is 67.4 cm³/mol. The number of ether oxygens (including phenoxy) is 1. The first kappa shape index (κ1) is 13.0. The fourth-order valence-electron chi connectivity index (χ4n) is 1.35. The summed E-state index contributed by atoms with van der Waals surface area (Å²) in [6, 6.07) is 5.98. The summed E-state index contributed by atoms with van der Waals surface area (Å²) in [4.78, 5) is 0. The Morgan fingerprint density at radius 3 is 2.80 bits per heavy atom. The summed E-state index contributed by atoms with van der Waals surface area (Å²) < 4.78 is 6.42. The molecule has 1 atom stereocenters. The molecular weight excluding hydrogens is 277 g/mol. The van der Waals surface area contributed by atoms with Crippen LogP contribution in [0.5, 0.6) is 0 Å². The van der Waals surface area contributed by atoms with E-state index in [-0.39, 0.29) is 6.04 Å². The van der Waals surface area contributed by atoms with E-state index in [4.69, 9.17) is 16.3 Å². The maximum absolute atomic E-state index is 5.89. The molecule has 0 aromatic heterocycles. The van der Waals surface area contributed by atoms with E-state index in [0.29, 0.717) is 6.61 Å². The largest absolute Gasteiger partial charge is 0.380 e. The van der Waals surface area contributed by atoms with Crippen molar-refractivity contribution in [3.63, 3.8) is 0 Å². The van der Waals surface area contributed by atoms with Crippen LogP contribution in [0.1, 0.15) is 18.5 Å². The van der Waals surface area contributed by atoms with E-state index in [1.807, 2.05) is 32.2 Å². The van der Waals surface area contributed by atoms with Crippen LogP contribution in [-0.4, -0.2) is 20.3 Å². The molecule has 1 aromatic carbocycles. The molecule has 1 unspecified atom stereocenters. The fraction of sp³-hybridized carbons (Fsp3) is 0.455. The Balaban J connectivity index is 2.81. The Kier molecular flexibility index (Phi) is 5.61. The summed E-state index contributed by atoms with van der Waals surface area (Å²) in [5.41, 5.74) is 1.16. The Morgan fingerprint density at radius 1 is 1.53 bits per heavy atom. The van der Waals surface area contributed by atoms with Gasteiger partial charge in [-0.25, -0.2) is 0 Å². The van der Waals surface area contributed by atoms with Gasteiger partial charge in [-0.15, -0.1) is 0 Å². The van der Waals surface area contributed by atoms with Gasteiger partial charge in [-0.05, 0) is 31.7 Å². The van der Waals surface area contributed by atoms with Crippen molar-refractivity contribution < 1.29 is 4.74 Å². The molecule has 0 amide bonds. The van der Waals surface area contributed by atoms with Crippen molar-refractivity contribution in [1.82, 2.24) is 5.32 Å². The summed E-state index contributed by atoms with van der Waals surface area (Å²) in [6.07, 6.45) is 0. The van der Waals surface area contributed by atoms with E-state index in [1.165, 1.54) is 0 Å². The molecule has 0 aliphatic carbocycles. The highest BCUT2D eigenvalue weighted by Crippen LogP contribution is 2.26. The first-order valence-corrected chi connectivity index (χ1v) is 6.06. The van der Waals surface area contributed by atoms with Gasteiger partial charge >= 0.3 is 0 Å². The van der Waals surface area contributed by atoms with E-state index < -0.39 is 0 Å². The predicted octanol–water partition coefficient (Wildman–Crippen LogP) is 3.40. The lowest BCUT2D eigenvalue weighted by Gasteiger charge is -2.18. The lowest BCUT2D eigenvalue weighted by molar-refractivity contribution is 0.125. The minimum atomic E-state index is 0.191. The third kappa shape index (κ3) is 3.76. The van der Waals surface area contributed by atoms with Gasteiger partial charge in [0, 0.05) is 16.1 Å². The van der Waals surface area contributed by atoms with Crippen molar-refractivity contribution in [2.75, 3.05) is 20.3 Å². The molecule has 4 heteroatoms. The van der Waals surface area contributed by atoms with Crippen molar-refractivity contribution in [2.45, 2.75) is 13.0 Å². The topological polar surface area (TPSA) is 21.3 Å². The molecule has 0 aliphatic heterocycles. The molecular formula is C11H15BrClNO. The molecule has 1 N–H and O–H groups in total. The van der Waals surface area contributed by atoms with Crippen molar-refractivity contribution in [3.05, 3.63) is 33.3 Å². The summed E-state index contributed by atoms with van der Waals surface area (Å²) in [7, 11) is 1.92. The van der Waals surface area contributed by atoms with Gasteiger partial charge in [-0.2, -0.15) is 0 Å². The van der Waals surface area contributed by atoms with Crippen LogP contribution in [0.4, 0.5) is 0 Å². The molecule has 0 saturated heterocycles. The van der Waals surface area contributed by atoms with Gasteiger partial charge in [0.1, 0.15) is 0 Å². The third-order valence-electron chi connectivity index (χ3n) is 2.18. The SMILES string of the molecule is CCOCC(NC)c1ccc(Cl)cc1Br. The van der Waals surface area contributed by atoms with Crippen LogP contribution in [0, 0.1) is 0 Å². The maximum Gasteiger partial charge on any atom is 0.0661 e. The smallest absolute Gasteiger partial charge is 0.0661 e. The van der Waals surface area contributed by atoms with Crippen molar-refractivity contribution in [1.29, 1.82) is 0 Å². The minimum Gasteiger partial charge on any atom is -0.380 e. The van der Waals surface area contributed by atoms with Crippen LogP contribution in [0.3, 0.4) is 0 Å². The number of nitrogens with one attached hydrogen (secondary N) is 1. The summed E-state index contributed by atoms with van der Waals surface area (Å²) >= 11 is 9.39. The van der Waals surface area contributed by atoms with E-state index in [1.54, 1.807) is 0 Å². The maximum atomic E-state index is 5.89. The number of hydrogen-bond acceptors (Lipinski definition) is 2. The van der Waals surface area contributed by atoms with Crippen molar-refractivity contribution in [2.24, 2.45) is 0 Å². The van der Waals surface area contributed by atoms with Gasteiger partial charge in [-0.3, -0.25) is 0 Å². The second-order valence-corrected chi connectivity index (χ2v) is 4.46. The standard InChI is InChI=1S/C11H15BrClNO/c1-3-15-7-11(14-2)9-5-4-8(13)6-10(9)12/h4-6,11,14H,3,7H2,1-2H3. The van der Waals surface area contributed by atoms with Crippen LogP contribution in [0.15, 0.2) is 22.7 Å². The molecule has 0 saturated carbocycles. The number of benzene rings is 1. The van der Waals surface area contributed by atoms with Gasteiger partial charge in [0.2, 0.25) is 0 Å². The number of likely N-dealkylation sites (N-methyl/N-ethyl adjacent to an activating group) is 1. The summed E-state index contributed by atoms with van der Waals surface area (Å²) in [6.45, 7) is 3.38. The quantitative estimate of drug-likeness (QED) is 0.898. The van der Waals surface area contributed by atoms with E-state index in [9.17, 15) is 0 Å². The molecule has 0 spiro atoms. The highest BCUT2D eigenvalue weighted by Gasteiger charge is 2.12. The Bertz CT molecular complexity index is 319. The van der Waals surface area contributed by atoms with Crippen molar-refractivity contribution in [3.8, 4) is 0 Å². The van der Waals surface area contributed by atoms with Crippen molar-refractivity contribution >= 4 is 27.5 Å². The average molecular weight is 293 g/mol. The first-order chi connectivity index (χ1) is 7.19. The van der Waals surface area contributed by atoms with Crippen LogP contribution in [0.2, 0.25) is 5.02 Å². The van der Waals surface area contributed by atoms with Gasteiger partial charge in [0.25, 0.3) is 0 Å². The highest BCUT2D eigenvalue weighted by molar-refractivity contribution is 9.10. The second-order valence-electron chi connectivity index (χ2n) is 3.17. The van der Waals surface area contributed by atoms with Gasteiger partial charge in [0.15, 0.2) is 0 Å². The molecule has 84 valence electrons. The van der Waals surface area contributed by atoms with Gasteiger partial charge in [-0.1, -0.05) is 33.6 Å². The van der Waals surface area contributed by atoms with Crippen LogP contribution >= 0.6 is 27.5 Å². The Morgan fingerprint density at radius 2 is 2.27 bits per heavy atom. The highest BCUT2D eigenvalue weighted by atomic mass is 79.9.